The van der Waals surface area contributed by atoms with Crippen molar-refractivity contribution in [3.63, 3.8) is 0 Å². The molecule has 0 aliphatic heterocycles. The first-order valence-electron chi connectivity index (χ1n) is 4.31. The molecule has 0 saturated carbocycles. The third-order valence-electron chi connectivity index (χ3n) is 1.97. The maximum absolute atomic E-state index is 9.33. The summed E-state index contributed by atoms with van der Waals surface area (Å²) >= 11 is 0. The summed E-state index contributed by atoms with van der Waals surface area (Å²) in [6.45, 7) is 1.88. The molecule has 1 aromatic rings. The van der Waals surface area contributed by atoms with Gasteiger partial charge in [0.25, 0.3) is 0 Å². The van der Waals surface area contributed by atoms with Gasteiger partial charge in [0.15, 0.2) is 11.5 Å². The molecule has 0 unspecified atom stereocenters. The Morgan fingerprint density at radius 3 is 2.71 bits per heavy atom. The van der Waals surface area contributed by atoms with E-state index >= 15 is 0 Å². The van der Waals surface area contributed by atoms with Gasteiger partial charge in [-0.3, -0.25) is 0 Å². The van der Waals surface area contributed by atoms with E-state index < -0.39 is 0 Å². The van der Waals surface area contributed by atoms with Gasteiger partial charge in [-0.2, -0.15) is 0 Å². The molecule has 14 heavy (non-hydrogen) atoms. The summed E-state index contributed by atoms with van der Waals surface area (Å²) in [6, 6.07) is 4.82. The molecule has 4 nitrogen and oxygen atoms in total. The van der Waals surface area contributed by atoms with E-state index in [4.69, 9.17) is 9.94 Å². The van der Waals surface area contributed by atoms with E-state index in [0.717, 1.165) is 5.56 Å². The molecule has 0 amide bonds. The zero-order chi connectivity index (χ0) is 10.6. The highest BCUT2D eigenvalue weighted by Crippen LogP contribution is 2.26. The van der Waals surface area contributed by atoms with Gasteiger partial charge in [-0.05, 0) is 24.6 Å². The number of rotatable bonds is 3. The Morgan fingerprint density at radius 1 is 1.50 bits per heavy atom. The van der Waals surface area contributed by atoms with Crippen LogP contribution in [0.5, 0.6) is 11.5 Å². The average molecular weight is 195 g/mol. The number of aromatic hydroxyl groups is 1. The SMILES string of the molecule is CC/C(=N/O)c1ccc(O)c(OC)c1. The molecular formula is C10H13NO3. The first kappa shape index (κ1) is 10.4. The lowest BCUT2D eigenvalue weighted by Gasteiger charge is -2.06. The van der Waals surface area contributed by atoms with Crippen LogP contribution in [-0.2, 0) is 0 Å². The molecule has 0 saturated heterocycles. The van der Waals surface area contributed by atoms with Crippen LogP contribution in [0.3, 0.4) is 0 Å². The zero-order valence-corrected chi connectivity index (χ0v) is 8.19. The predicted molar refractivity (Wildman–Crippen MR) is 53.3 cm³/mol. The van der Waals surface area contributed by atoms with Gasteiger partial charge < -0.3 is 15.1 Å². The van der Waals surface area contributed by atoms with Crippen molar-refractivity contribution in [2.24, 2.45) is 5.16 Å². The number of ether oxygens (including phenoxy) is 1. The normalized spacial score (nSPS) is 11.4. The van der Waals surface area contributed by atoms with E-state index in [1.165, 1.54) is 13.2 Å². The summed E-state index contributed by atoms with van der Waals surface area (Å²) in [5.74, 6) is 0.446. The lowest BCUT2D eigenvalue weighted by Crippen LogP contribution is -1.99. The van der Waals surface area contributed by atoms with Gasteiger partial charge in [-0.1, -0.05) is 12.1 Å². The quantitative estimate of drug-likeness (QED) is 0.440. The number of nitrogens with zero attached hydrogens (tertiary/aromatic N) is 1. The molecule has 4 heteroatoms. The molecule has 76 valence electrons. The number of oxime groups is 1. The van der Waals surface area contributed by atoms with Crippen molar-refractivity contribution in [2.45, 2.75) is 13.3 Å². The molecule has 0 radical (unpaired) electrons. The molecule has 0 bridgehead atoms. The van der Waals surface area contributed by atoms with Crippen molar-refractivity contribution < 1.29 is 15.1 Å². The van der Waals surface area contributed by atoms with E-state index in [1.807, 2.05) is 6.92 Å². The molecule has 0 aliphatic carbocycles. The molecule has 2 N–H and O–H groups in total. The molecular weight excluding hydrogens is 182 g/mol. The highest BCUT2D eigenvalue weighted by atomic mass is 16.5. The molecule has 0 spiro atoms. The fraction of sp³-hybridized carbons (Fsp3) is 0.300. The Labute approximate surface area is 82.4 Å². The predicted octanol–water partition coefficient (Wildman–Crippen LogP) is 1.99. The van der Waals surface area contributed by atoms with E-state index in [0.29, 0.717) is 17.9 Å². The Morgan fingerprint density at radius 2 is 2.21 bits per heavy atom. The van der Waals surface area contributed by atoms with Gasteiger partial charge in [0.1, 0.15) is 0 Å². The Bertz CT molecular complexity index is 347. The van der Waals surface area contributed by atoms with Crippen LogP contribution in [0, 0.1) is 0 Å². The molecule has 0 atom stereocenters. The van der Waals surface area contributed by atoms with Crippen molar-refractivity contribution in [3.8, 4) is 11.5 Å². The topological polar surface area (TPSA) is 62.1 Å². The van der Waals surface area contributed by atoms with Crippen LogP contribution in [0.4, 0.5) is 0 Å². The molecule has 0 aromatic heterocycles. The van der Waals surface area contributed by atoms with Gasteiger partial charge in [0.05, 0.1) is 12.8 Å². The maximum Gasteiger partial charge on any atom is 0.161 e. The van der Waals surface area contributed by atoms with Crippen LogP contribution in [0.15, 0.2) is 23.4 Å². The Kier molecular flexibility index (Phi) is 3.34. The van der Waals surface area contributed by atoms with Crippen LogP contribution in [0.25, 0.3) is 0 Å². The molecule has 1 rings (SSSR count). The summed E-state index contributed by atoms with van der Waals surface area (Å²) in [7, 11) is 1.47. The first-order valence-corrected chi connectivity index (χ1v) is 4.31. The lowest BCUT2D eigenvalue weighted by molar-refractivity contribution is 0.318. The molecule has 0 fully saturated rings. The number of hydrogen-bond donors (Lipinski definition) is 2. The van der Waals surface area contributed by atoms with E-state index in [1.54, 1.807) is 12.1 Å². The van der Waals surface area contributed by atoms with Gasteiger partial charge in [0, 0.05) is 5.56 Å². The lowest BCUT2D eigenvalue weighted by atomic mass is 10.1. The monoisotopic (exact) mass is 195 g/mol. The van der Waals surface area contributed by atoms with Crippen LogP contribution in [-0.4, -0.2) is 23.1 Å². The summed E-state index contributed by atoms with van der Waals surface area (Å²) < 4.78 is 4.94. The minimum atomic E-state index is 0.0737. The van der Waals surface area contributed by atoms with Crippen molar-refractivity contribution >= 4 is 5.71 Å². The number of hydrogen-bond acceptors (Lipinski definition) is 4. The Hall–Kier alpha value is -1.71. The van der Waals surface area contributed by atoms with Crippen LogP contribution < -0.4 is 4.74 Å². The molecule has 0 aliphatic rings. The minimum absolute atomic E-state index is 0.0737. The van der Waals surface area contributed by atoms with Gasteiger partial charge in [-0.25, -0.2) is 0 Å². The minimum Gasteiger partial charge on any atom is -0.504 e. The zero-order valence-electron chi connectivity index (χ0n) is 8.19. The smallest absolute Gasteiger partial charge is 0.161 e. The van der Waals surface area contributed by atoms with Crippen LogP contribution >= 0.6 is 0 Å². The van der Waals surface area contributed by atoms with Crippen molar-refractivity contribution in [3.05, 3.63) is 23.8 Å². The van der Waals surface area contributed by atoms with Crippen molar-refractivity contribution in [2.75, 3.05) is 7.11 Å². The second-order valence-corrected chi connectivity index (χ2v) is 2.79. The third kappa shape index (κ3) is 1.96. The summed E-state index contributed by atoms with van der Waals surface area (Å²) in [5.41, 5.74) is 1.30. The fourth-order valence-electron chi connectivity index (χ4n) is 1.19. The van der Waals surface area contributed by atoms with E-state index in [-0.39, 0.29) is 5.75 Å². The second-order valence-electron chi connectivity index (χ2n) is 2.79. The molecule has 1 aromatic carbocycles. The number of benzene rings is 1. The third-order valence-corrected chi connectivity index (χ3v) is 1.97. The largest absolute Gasteiger partial charge is 0.504 e. The maximum atomic E-state index is 9.33. The van der Waals surface area contributed by atoms with Crippen LogP contribution in [0.1, 0.15) is 18.9 Å². The van der Waals surface area contributed by atoms with Gasteiger partial charge in [0.2, 0.25) is 0 Å². The number of methoxy groups -OCH3 is 1. The fourth-order valence-corrected chi connectivity index (χ4v) is 1.19. The van der Waals surface area contributed by atoms with Gasteiger partial charge >= 0.3 is 0 Å². The average Bonchev–Trinajstić information content (AvgIpc) is 2.22. The van der Waals surface area contributed by atoms with E-state index in [9.17, 15) is 5.11 Å². The first-order chi connectivity index (χ1) is 6.72. The van der Waals surface area contributed by atoms with Crippen molar-refractivity contribution in [1.29, 1.82) is 0 Å². The standard InChI is InChI=1S/C10H13NO3/c1-3-8(11-13)7-4-5-9(12)10(6-7)14-2/h4-6,12-13H,3H2,1-2H3/b11-8-. The highest BCUT2D eigenvalue weighted by Gasteiger charge is 2.06. The van der Waals surface area contributed by atoms with Crippen molar-refractivity contribution in [1.82, 2.24) is 0 Å². The number of phenolic OH excluding ortho intramolecular Hbond substituents is 1. The highest BCUT2D eigenvalue weighted by molar-refractivity contribution is 6.00. The van der Waals surface area contributed by atoms with Crippen LogP contribution in [0.2, 0.25) is 0 Å². The summed E-state index contributed by atoms with van der Waals surface area (Å²) in [5, 5.41) is 21.2. The van der Waals surface area contributed by atoms with E-state index in [2.05, 4.69) is 5.16 Å². The van der Waals surface area contributed by atoms with Gasteiger partial charge in [-0.15, -0.1) is 0 Å². The summed E-state index contributed by atoms with van der Waals surface area (Å²) in [6.07, 6.45) is 0.616. The number of phenols is 1. The molecule has 0 heterocycles. The summed E-state index contributed by atoms with van der Waals surface area (Å²) in [4.78, 5) is 0. The Balaban J connectivity index is 3.12. The second kappa shape index (κ2) is 4.50.